The van der Waals surface area contributed by atoms with E-state index in [0.717, 1.165) is 23.7 Å². The summed E-state index contributed by atoms with van der Waals surface area (Å²) in [5.74, 6) is -1.48. The van der Waals surface area contributed by atoms with E-state index in [1.165, 1.54) is 24.3 Å². The van der Waals surface area contributed by atoms with Gasteiger partial charge in [0.2, 0.25) is 0 Å². The van der Waals surface area contributed by atoms with Crippen molar-refractivity contribution in [3.8, 4) is 0 Å². The second-order valence-electron chi connectivity index (χ2n) is 7.50. The van der Waals surface area contributed by atoms with E-state index in [2.05, 4.69) is 24.1 Å². The van der Waals surface area contributed by atoms with Crippen molar-refractivity contribution in [2.75, 3.05) is 28.2 Å². The molecule has 0 aliphatic carbocycles. The molecule has 0 unspecified atom stereocenters. The molecule has 33 heavy (non-hydrogen) atoms. The van der Waals surface area contributed by atoms with Crippen LogP contribution in [0.4, 0.5) is 21.5 Å². The molecule has 0 fully saturated rings. The van der Waals surface area contributed by atoms with Gasteiger partial charge in [0.05, 0.1) is 16.3 Å². The maximum atomic E-state index is 13.5. The van der Waals surface area contributed by atoms with Gasteiger partial charge in [-0.1, -0.05) is 35.9 Å². The molecule has 0 saturated carbocycles. The summed E-state index contributed by atoms with van der Waals surface area (Å²) in [4.78, 5) is 30.1. The van der Waals surface area contributed by atoms with Crippen molar-refractivity contribution in [1.82, 2.24) is 0 Å². The number of nitrogens with one attached hydrogen (secondary N) is 1. The van der Waals surface area contributed by atoms with Gasteiger partial charge in [-0.3, -0.25) is 9.59 Å². The Kier molecular flexibility index (Phi) is 6.47. The molecule has 0 aromatic heterocycles. The quantitative estimate of drug-likeness (QED) is 0.455. The summed E-state index contributed by atoms with van der Waals surface area (Å²) >= 11 is 6.29. The van der Waals surface area contributed by atoms with E-state index in [9.17, 15) is 14.0 Å². The summed E-state index contributed by atoms with van der Waals surface area (Å²) in [7, 11) is 0. The van der Waals surface area contributed by atoms with Gasteiger partial charge in [-0.2, -0.15) is 0 Å². The lowest BCUT2D eigenvalue weighted by atomic mass is 10.0. The number of imide groups is 1. The number of anilines is 3. The number of hydrogen-bond donors (Lipinski definition) is 1. The molecule has 1 aliphatic rings. The van der Waals surface area contributed by atoms with Crippen molar-refractivity contribution in [3.05, 3.63) is 94.9 Å². The van der Waals surface area contributed by atoms with Gasteiger partial charge in [0.25, 0.3) is 11.8 Å². The standard InChI is InChI=1S/C26H23ClFN3O2/c1-3-30(4-2)20-15-13-19(14-16-20)29-24-23(17-9-11-18(28)12-10-17)25(32)31(26(24)33)22-8-6-5-7-21(22)27/h5-16,29H,3-4H2,1-2H3. The minimum atomic E-state index is -0.528. The van der Waals surface area contributed by atoms with E-state index in [1.807, 2.05) is 24.3 Å². The lowest BCUT2D eigenvalue weighted by molar-refractivity contribution is -0.120. The van der Waals surface area contributed by atoms with E-state index in [1.54, 1.807) is 24.3 Å². The first-order valence-electron chi connectivity index (χ1n) is 10.7. The first-order valence-corrected chi connectivity index (χ1v) is 11.1. The summed E-state index contributed by atoms with van der Waals surface area (Å²) in [5.41, 5.74) is 2.72. The Morgan fingerprint density at radius 2 is 1.52 bits per heavy atom. The molecule has 0 bridgehead atoms. The van der Waals surface area contributed by atoms with Crippen LogP contribution in [0.5, 0.6) is 0 Å². The maximum Gasteiger partial charge on any atom is 0.282 e. The molecule has 0 spiro atoms. The van der Waals surface area contributed by atoms with Crippen molar-refractivity contribution in [3.63, 3.8) is 0 Å². The zero-order valence-corrected chi connectivity index (χ0v) is 19.1. The molecule has 1 N–H and O–H groups in total. The van der Waals surface area contributed by atoms with Crippen LogP contribution < -0.4 is 15.1 Å². The summed E-state index contributed by atoms with van der Waals surface area (Å²) in [5, 5.41) is 3.40. The lowest BCUT2D eigenvalue weighted by Crippen LogP contribution is -2.32. The van der Waals surface area contributed by atoms with Gasteiger partial charge < -0.3 is 10.2 Å². The van der Waals surface area contributed by atoms with Crippen LogP contribution in [-0.2, 0) is 9.59 Å². The third kappa shape index (κ3) is 4.34. The topological polar surface area (TPSA) is 52.7 Å². The van der Waals surface area contributed by atoms with Crippen molar-refractivity contribution >= 4 is 46.1 Å². The Labute approximate surface area is 197 Å². The van der Waals surface area contributed by atoms with Gasteiger partial charge in [0.15, 0.2) is 0 Å². The minimum Gasteiger partial charge on any atom is -0.372 e. The van der Waals surface area contributed by atoms with Gasteiger partial charge >= 0.3 is 0 Å². The second-order valence-corrected chi connectivity index (χ2v) is 7.91. The lowest BCUT2D eigenvalue weighted by Gasteiger charge is -2.21. The van der Waals surface area contributed by atoms with Gasteiger partial charge in [0.1, 0.15) is 11.5 Å². The third-order valence-corrected chi connectivity index (χ3v) is 5.90. The highest BCUT2D eigenvalue weighted by atomic mass is 35.5. The number of benzene rings is 3. The second kappa shape index (κ2) is 9.46. The predicted molar refractivity (Wildman–Crippen MR) is 131 cm³/mol. The van der Waals surface area contributed by atoms with Crippen molar-refractivity contribution < 1.29 is 14.0 Å². The number of carbonyl (C=O) groups is 2. The highest BCUT2D eigenvalue weighted by Gasteiger charge is 2.41. The highest BCUT2D eigenvalue weighted by molar-refractivity contribution is 6.48. The summed E-state index contributed by atoms with van der Waals surface area (Å²) in [6, 6.07) is 19.8. The van der Waals surface area contributed by atoms with Gasteiger partial charge in [-0.15, -0.1) is 0 Å². The van der Waals surface area contributed by atoms with E-state index >= 15 is 0 Å². The highest BCUT2D eigenvalue weighted by Crippen LogP contribution is 2.36. The van der Waals surface area contributed by atoms with Crippen LogP contribution in [0, 0.1) is 5.82 Å². The molecule has 1 heterocycles. The predicted octanol–water partition coefficient (Wildman–Crippen LogP) is 5.72. The molecule has 3 aromatic rings. The Hall–Kier alpha value is -3.64. The van der Waals surface area contributed by atoms with Crippen LogP contribution in [0.25, 0.3) is 5.57 Å². The van der Waals surface area contributed by atoms with Gasteiger partial charge in [0, 0.05) is 24.5 Å². The molecule has 168 valence electrons. The SMILES string of the molecule is CCN(CC)c1ccc(NC2=C(c3ccc(F)cc3)C(=O)N(c3ccccc3Cl)C2=O)cc1. The summed E-state index contributed by atoms with van der Waals surface area (Å²) in [6.07, 6.45) is 0. The Bertz CT molecular complexity index is 1220. The Morgan fingerprint density at radius 1 is 0.879 bits per heavy atom. The van der Waals surface area contributed by atoms with E-state index in [0.29, 0.717) is 16.9 Å². The zero-order valence-electron chi connectivity index (χ0n) is 18.3. The first-order chi connectivity index (χ1) is 15.9. The fourth-order valence-electron chi connectivity index (χ4n) is 3.87. The van der Waals surface area contributed by atoms with Crippen molar-refractivity contribution in [2.45, 2.75) is 13.8 Å². The molecule has 3 aromatic carbocycles. The fraction of sp³-hybridized carbons (Fsp3) is 0.154. The Balaban J connectivity index is 1.75. The van der Waals surface area contributed by atoms with Crippen LogP contribution in [0.2, 0.25) is 5.02 Å². The monoisotopic (exact) mass is 463 g/mol. The zero-order chi connectivity index (χ0) is 23.5. The number of nitrogens with zero attached hydrogens (tertiary/aromatic N) is 2. The summed E-state index contributed by atoms with van der Waals surface area (Å²) < 4.78 is 13.5. The van der Waals surface area contributed by atoms with Gasteiger partial charge in [-0.05, 0) is 67.9 Å². The number of halogens is 2. The van der Waals surface area contributed by atoms with Crippen molar-refractivity contribution in [1.29, 1.82) is 0 Å². The summed E-state index contributed by atoms with van der Waals surface area (Å²) in [6.45, 7) is 5.93. The fourth-order valence-corrected chi connectivity index (χ4v) is 4.09. The van der Waals surface area contributed by atoms with Crippen LogP contribution in [0.3, 0.4) is 0 Å². The average Bonchev–Trinajstić information content (AvgIpc) is 3.06. The molecular formula is C26H23ClFN3O2. The van der Waals surface area contributed by atoms with Crippen LogP contribution in [-0.4, -0.2) is 24.9 Å². The smallest absolute Gasteiger partial charge is 0.282 e. The first kappa shape index (κ1) is 22.6. The largest absolute Gasteiger partial charge is 0.372 e. The number of rotatable bonds is 7. The normalized spacial score (nSPS) is 13.6. The van der Waals surface area contributed by atoms with Crippen LogP contribution in [0.15, 0.2) is 78.5 Å². The van der Waals surface area contributed by atoms with E-state index in [4.69, 9.17) is 11.6 Å². The molecule has 0 radical (unpaired) electrons. The molecule has 7 heteroatoms. The third-order valence-electron chi connectivity index (χ3n) is 5.58. The molecule has 0 saturated heterocycles. The van der Waals surface area contributed by atoms with E-state index in [-0.39, 0.29) is 16.3 Å². The number of carbonyl (C=O) groups excluding carboxylic acids is 2. The molecule has 5 nitrogen and oxygen atoms in total. The van der Waals surface area contributed by atoms with Crippen LogP contribution in [0.1, 0.15) is 19.4 Å². The molecule has 0 atom stereocenters. The Morgan fingerprint density at radius 3 is 2.12 bits per heavy atom. The molecule has 4 rings (SSSR count). The van der Waals surface area contributed by atoms with Crippen molar-refractivity contribution in [2.24, 2.45) is 0 Å². The molecule has 2 amide bonds. The minimum absolute atomic E-state index is 0.113. The number of amides is 2. The van der Waals surface area contributed by atoms with E-state index < -0.39 is 17.6 Å². The maximum absolute atomic E-state index is 13.5. The molecular weight excluding hydrogens is 441 g/mol. The average molecular weight is 464 g/mol. The van der Waals surface area contributed by atoms with Gasteiger partial charge in [-0.25, -0.2) is 9.29 Å². The number of para-hydroxylation sites is 1. The number of hydrogen-bond acceptors (Lipinski definition) is 4. The van der Waals surface area contributed by atoms with Crippen LogP contribution >= 0.6 is 11.6 Å². The molecule has 1 aliphatic heterocycles.